The second kappa shape index (κ2) is 9.56. The predicted molar refractivity (Wildman–Crippen MR) is 97.9 cm³/mol. The molecule has 3 nitrogen and oxygen atoms in total. The molecule has 0 spiro atoms. The molecule has 0 aromatic heterocycles. The van der Waals surface area contributed by atoms with Crippen LogP contribution >= 0.6 is 0 Å². The van der Waals surface area contributed by atoms with Crippen molar-refractivity contribution in [2.75, 3.05) is 13.7 Å². The Labute approximate surface area is 143 Å². The largest absolute Gasteiger partial charge is 0.494 e. The van der Waals surface area contributed by atoms with Gasteiger partial charge in [-0.3, -0.25) is 0 Å². The third-order valence-corrected chi connectivity index (χ3v) is 3.73. The summed E-state index contributed by atoms with van der Waals surface area (Å²) in [5.74, 6) is 0.557. The summed E-state index contributed by atoms with van der Waals surface area (Å²) in [6.45, 7) is 2.96. The lowest BCUT2D eigenvalue weighted by Gasteiger charge is -2.07. The van der Waals surface area contributed by atoms with Crippen LogP contribution in [-0.4, -0.2) is 19.7 Å². The minimum Gasteiger partial charge on any atom is -0.494 e. The maximum absolute atomic E-state index is 11.1. The van der Waals surface area contributed by atoms with E-state index in [0.717, 1.165) is 35.5 Å². The fourth-order valence-corrected chi connectivity index (χ4v) is 2.30. The van der Waals surface area contributed by atoms with Gasteiger partial charge in [0.05, 0.1) is 13.7 Å². The molecule has 0 radical (unpaired) electrons. The molecule has 0 aliphatic rings. The topological polar surface area (TPSA) is 35.5 Å². The van der Waals surface area contributed by atoms with Crippen LogP contribution in [0, 0.1) is 0 Å². The smallest absolute Gasteiger partial charge is 0.330 e. The van der Waals surface area contributed by atoms with Crippen LogP contribution in [0.5, 0.6) is 5.75 Å². The van der Waals surface area contributed by atoms with Crippen molar-refractivity contribution in [2.24, 2.45) is 0 Å². The van der Waals surface area contributed by atoms with Gasteiger partial charge in [-0.1, -0.05) is 56.2 Å². The second-order valence-electron chi connectivity index (χ2n) is 5.56. The van der Waals surface area contributed by atoms with Gasteiger partial charge < -0.3 is 9.47 Å². The molecule has 0 aliphatic heterocycles. The summed E-state index contributed by atoms with van der Waals surface area (Å²) in [4.78, 5) is 11.1. The molecule has 0 N–H and O–H groups in total. The van der Waals surface area contributed by atoms with Crippen LogP contribution in [0.15, 0.2) is 54.6 Å². The van der Waals surface area contributed by atoms with Crippen LogP contribution in [0.1, 0.15) is 31.7 Å². The van der Waals surface area contributed by atoms with Gasteiger partial charge in [0, 0.05) is 6.08 Å². The monoisotopic (exact) mass is 324 g/mol. The molecule has 126 valence electrons. The van der Waals surface area contributed by atoms with E-state index in [4.69, 9.17) is 4.74 Å². The maximum Gasteiger partial charge on any atom is 0.330 e. The van der Waals surface area contributed by atoms with Crippen molar-refractivity contribution in [1.82, 2.24) is 0 Å². The number of ether oxygens (including phenoxy) is 2. The lowest BCUT2D eigenvalue weighted by molar-refractivity contribution is -0.134. The average Bonchev–Trinajstić information content (AvgIpc) is 2.64. The van der Waals surface area contributed by atoms with E-state index in [1.54, 1.807) is 6.08 Å². The second-order valence-corrected chi connectivity index (χ2v) is 5.56. The molecule has 0 heterocycles. The van der Waals surface area contributed by atoms with Gasteiger partial charge in [-0.2, -0.15) is 0 Å². The molecule has 0 saturated heterocycles. The third kappa shape index (κ3) is 5.58. The summed E-state index contributed by atoms with van der Waals surface area (Å²) in [5, 5.41) is 0. The van der Waals surface area contributed by atoms with E-state index in [2.05, 4.69) is 23.8 Å². The normalized spacial score (nSPS) is 10.8. The van der Waals surface area contributed by atoms with Crippen molar-refractivity contribution in [3.8, 4) is 16.9 Å². The molecule has 0 unspecified atom stereocenters. The zero-order chi connectivity index (χ0) is 17.2. The number of unbranched alkanes of at least 4 members (excludes halogenated alkanes) is 2. The fourth-order valence-electron chi connectivity index (χ4n) is 2.30. The van der Waals surface area contributed by atoms with E-state index >= 15 is 0 Å². The Kier molecular flexibility index (Phi) is 7.09. The highest BCUT2D eigenvalue weighted by atomic mass is 16.5. The van der Waals surface area contributed by atoms with Crippen LogP contribution in [0.4, 0.5) is 0 Å². The minimum absolute atomic E-state index is 0.353. The maximum atomic E-state index is 11.1. The quantitative estimate of drug-likeness (QED) is 0.384. The van der Waals surface area contributed by atoms with Crippen LogP contribution in [-0.2, 0) is 9.53 Å². The number of hydrogen-bond donors (Lipinski definition) is 0. The first-order valence-electron chi connectivity index (χ1n) is 8.32. The minimum atomic E-state index is -0.353. The first-order valence-corrected chi connectivity index (χ1v) is 8.32. The van der Waals surface area contributed by atoms with Crippen molar-refractivity contribution in [3.63, 3.8) is 0 Å². The van der Waals surface area contributed by atoms with E-state index in [9.17, 15) is 4.79 Å². The van der Waals surface area contributed by atoms with Crippen molar-refractivity contribution >= 4 is 12.0 Å². The van der Waals surface area contributed by atoms with Crippen molar-refractivity contribution in [3.05, 3.63) is 60.2 Å². The average molecular weight is 324 g/mol. The van der Waals surface area contributed by atoms with Gasteiger partial charge in [-0.25, -0.2) is 4.79 Å². The van der Waals surface area contributed by atoms with E-state index < -0.39 is 0 Å². The van der Waals surface area contributed by atoms with E-state index in [1.165, 1.54) is 26.0 Å². The first kappa shape index (κ1) is 17.8. The Hall–Kier alpha value is -2.55. The zero-order valence-electron chi connectivity index (χ0n) is 14.3. The lowest BCUT2D eigenvalue weighted by Crippen LogP contribution is -1.96. The molecule has 0 fully saturated rings. The van der Waals surface area contributed by atoms with Crippen molar-refractivity contribution in [2.45, 2.75) is 26.2 Å². The molecule has 0 aliphatic carbocycles. The molecule has 0 amide bonds. The highest BCUT2D eigenvalue weighted by Crippen LogP contribution is 2.23. The van der Waals surface area contributed by atoms with Gasteiger partial charge in [0.25, 0.3) is 0 Å². The molecule has 0 atom stereocenters. The number of benzene rings is 2. The van der Waals surface area contributed by atoms with Gasteiger partial charge in [-0.15, -0.1) is 0 Å². The Morgan fingerprint density at radius 2 is 1.58 bits per heavy atom. The molecule has 0 bridgehead atoms. The Morgan fingerprint density at radius 3 is 2.17 bits per heavy atom. The molecular formula is C21H24O3. The number of esters is 1. The van der Waals surface area contributed by atoms with E-state index in [1.807, 2.05) is 36.4 Å². The number of rotatable bonds is 8. The Balaban J connectivity index is 1.96. The van der Waals surface area contributed by atoms with Crippen molar-refractivity contribution in [1.29, 1.82) is 0 Å². The standard InChI is InChI=1S/C21H24O3/c1-3-4-5-16-24-20-13-11-19(12-14-20)18-9-6-17(7-10-18)8-15-21(22)23-2/h6-15H,3-5,16H2,1-2H3/b15-8+. The van der Waals surface area contributed by atoms with E-state index in [0.29, 0.717) is 0 Å². The summed E-state index contributed by atoms with van der Waals surface area (Å²) >= 11 is 0. The van der Waals surface area contributed by atoms with Gasteiger partial charge in [0.1, 0.15) is 5.75 Å². The molecule has 24 heavy (non-hydrogen) atoms. The van der Waals surface area contributed by atoms with Gasteiger partial charge in [-0.05, 0) is 41.3 Å². The molecule has 2 aromatic rings. The highest BCUT2D eigenvalue weighted by Gasteiger charge is 2.00. The van der Waals surface area contributed by atoms with Crippen LogP contribution in [0.25, 0.3) is 17.2 Å². The lowest BCUT2D eigenvalue weighted by atomic mass is 10.0. The number of methoxy groups -OCH3 is 1. The third-order valence-electron chi connectivity index (χ3n) is 3.73. The van der Waals surface area contributed by atoms with Crippen LogP contribution in [0.2, 0.25) is 0 Å². The fraction of sp³-hybridized carbons (Fsp3) is 0.286. The van der Waals surface area contributed by atoms with Crippen LogP contribution in [0.3, 0.4) is 0 Å². The SMILES string of the molecule is CCCCCOc1ccc(-c2ccc(/C=C/C(=O)OC)cc2)cc1. The predicted octanol–water partition coefficient (Wildman–Crippen LogP) is 5.11. The van der Waals surface area contributed by atoms with E-state index in [-0.39, 0.29) is 5.97 Å². The van der Waals surface area contributed by atoms with Crippen LogP contribution < -0.4 is 4.74 Å². The number of carbonyl (C=O) groups is 1. The summed E-state index contributed by atoms with van der Waals surface area (Å²) in [7, 11) is 1.37. The molecule has 3 heteroatoms. The highest BCUT2D eigenvalue weighted by molar-refractivity contribution is 5.87. The van der Waals surface area contributed by atoms with Gasteiger partial charge in [0.2, 0.25) is 0 Å². The summed E-state index contributed by atoms with van der Waals surface area (Å²) in [6.07, 6.45) is 6.66. The van der Waals surface area contributed by atoms with Gasteiger partial charge >= 0.3 is 5.97 Å². The van der Waals surface area contributed by atoms with Gasteiger partial charge in [0.15, 0.2) is 0 Å². The molecule has 0 saturated carbocycles. The summed E-state index contributed by atoms with van der Waals surface area (Å²) in [5.41, 5.74) is 3.22. The Bertz CT molecular complexity index is 654. The molecular weight excluding hydrogens is 300 g/mol. The zero-order valence-corrected chi connectivity index (χ0v) is 14.3. The Morgan fingerprint density at radius 1 is 0.958 bits per heavy atom. The first-order chi connectivity index (χ1) is 11.7. The summed E-state index contributed by atoms with van der Waals surface area (Å²) in [6, 6.07) is 16.2. The summed E-state index contributed by atoms with van der Waals surface area (Å²) < 4.78 is 10.3. The number of carbonyl (C=O) groups excluding carboxylic acids is 1. The van der Waals surface area contributed by atoms with Crippen molar-refractivity contribution < 1.29 is 14.3 Å². The molecule has 2 rings (SSSR count). The molecule has 2 aromatic carbocycles. The number of hydrogen-bond acceptors (Lipinski definition) is 3.